The third-order valence-corrected chi connectivity index (χ3v) is 4.77. The molecular formula is C14H21N3O3S. The van der Waals surface area contributed by atoms with Gasteiger partial charge in [0.2, 0.25) is 0 Å². The number of aliphatic carboxylic acids is 1. The van der Waals surface area contributed by atoms with Crippen molar-refractivity contribution in [2.24, 2.45) is 0 Å². The monoisotopic (exact) mass is 311 g/mol. The van der Waals surface area contributed by atoms with Crippen molar-refractivity contribution < 1.29 is 14.7 Å². The molecule has 0 aliphatic heterocycles. The molecule has 2 N–H and O–H groups in total. The van der Waals surface area contributed by atoms with Gasteiger partial charge < -0.3 is 15.3 Å². The molecule has 6 nitrogen and oxygen atoms in total. The lowest BCUT2D eigenvalue weighted by Gasteiger charge is -2.24. The summed E-state index contributed by atoms with van der Waals surface area (Å²) in [7, 11) is 0. The molecule has 0 saturated heterocycles. The van der Waals surface area contributed by atoms with Crippen molar-refractivity contribution in [3.05, 3.63) is 16.1 Å². The minimum absolute atomic E-state index is 0.0183. The van der Waals surface area contributed by atoms with Gasteiger partial charge in [0.05, 0.1) is 12.5 Å². The molecule has 0 bridgehead atoms. The molecule has 0 radical (unpaired) electrons. The van der Waals surface area contributed by atoms with Gasteiger partial charge in [0.15, 0.2) is 0 Å². The standard InChI is InChI=1S/C14H21N3O3S/c1-3-11-8-15-13(21-11)9(2)16-14(20)17(10-4-5-10)7-6-12(18)19/h8-10H,3-7H2,1-2H3,(H,16,20)(H,18,19). The molecule has 7 heteroatoms. The summed E-state index contributed by atoms with van der Waals surface area (Å²) >= 11 is 1.60. The van der Waals surface area contributed by atoms with E-state index in [1.807, 2.05) is 13.1 Å². The molecule has 1 fully saturated rings. The average Bonchev–Trinajstić information content (AvgIpc) is 3.14. The second kappa shape index (κ2) is 6.89. The molecule has 1 aromatic rings. The average molecular weight is 311 g/mol. The van der Waals surface area contributed by atoms with Crippen LogP contribution in [0, 0.1) is 0 Å². The molecule has 0 aromatic carbocycles. The van der Waals surface area contributed by atoms with E-state index in [1.165, 1.54) is 4.88 Å². The molecule has 1 atom stereocenters. The lowest BCUT2D eigenvalue weighted by molar-refractivity contribution is -0.137. The molecule has 116 valence electrons. The molecule has 1 unspecified atom stereocenters. The van der Waals surface area contributed by atoms with Gasteiger partial charge in [0.1, 0.15) is 5.01 Å². The van der Waals surface area contributed by atoms with Crippen LogP contribution in [0.15, 0.2) is 6.20 Å². The minimum Gasteiger partial charge on any atom is -0.481 e. The van der Waals surface area contributed by atoms with Crippen molar-refractivity contribution in [1.29, 1.82) is 0 Å². The molecule has 2 rings (SSSR count). The van der Waals surface area contributed by atoms with Crippen molar-refractivity contribution in [3.8, 4) is 0 Å². The zero-order chi connectivity index (χ0) is 15.4. The van der Waals surface area contributed by atoms with Gasteiger partial charge in [0.25, 0.3) is 0 Å². The maximum absolute atomic E-state index is 12.3. The van der Waals surface area contributed by atoms with E-state index in [4.69, 9.17) is 5.11 Å². The van der Waals surface area contributed by atoms with E-state index in [0.717, 1.165) is 24.3 Å². The number of nitrogens with zero attached hydrogens (tertiary/aromatic N) is 2. The summed E-state index contributed by atoms with van der Waals surface area (Å²) in [5, 5.41) is 12.6. The number of amides is 2. The number of thiazole rings is 1. The normalized spacial score (nSPS) is 15.5. The number of urea groups is 1. The maximum Gasteiger partial charge on any atom is 0.318 e. The number of hydrogen-bond donors (Lipinski definition) is 2. The highest BCUT2D eigenvalue weighted by Gasteiger charge is 2.33. The van der Waals surface area contributed by atoms with Crippen LogP contribution in [-0.4, -0.2) is 39.6 Å². The Bertz CT molecular complexity index is 513. The summed E-state index contributed by atoms with van der Waals surface area (Å²) in [6.45, 7) is 4.23. The smallest absolute Gasteiger partial charge is 0.318 e. The first-order valence-electron chi connectivity index (χ1n) is 7.24. The number of rotatable bonds is 7. The number of hydrogen-bond acceptors (Lipinski definition) is 4. The van der Waals surface area contributed by atoms with Crippen LogP contribution in [0.4, 0.5) is 4.79 Å². The van der Waals surface area contributed by atoms with Crippen molar-refractivity contribution in [2.75, 3.05) is 6.54 Å². The minimum atomic E-state index is -0.881. The van der Waals surface area contributed by atoms with Gasteiger partial charge in [-0.15, -0.1) is 11.3 Å². The SMILES string of the molecule is CCc1cnc(C(C)NC(=O)N(CCC(=O)O)C2CC2)s1. The first-order valence-corrected chi connectivity index (χ1v) is 8.06. The van der Waals surface area contributed by atoms with Crippen LogP contribution in [0.2, 0.25) is 0 Å². The second-order valence-electron chi connectivity index (χ2n) is 5.26. The Morgan fingerprint density at radius 3 is 2.81 bits per heavy atom. The highest BCUT2D eigenvalue weighted by atomic mass is 32.1. The van der Waals surface area contributed by atoms with Gasteiger partial charge in [-0.05, 0) is 26.2 Å². The number of carboxylic acids is 1. The fourth-order valence-corrected chi connectivity index (χ4v) is 2.93. The van der Waals surface area contributed by atoms with Crippen LogP contribution in [0.1, 0.15) is 49.0 Å². The lowest BCUT2D eigenvalue weighted by Crippen LogP contribution is -2.43. The zero-order valence-corrected chi connectivity index (χ0v) is 13.2. The molecule has 1 saturated carbocycles. The van der Waals surface area contributed by atoms with Gasteiger partial charge in [-0.25, -0.2) is 9.78 Å². The Morgan fingerprint density at radius 1 is 1.57 bits per heavy atom. The maximum atomic E-state index is 12.3. The number of carbonyl (C=O) groups excluding carboxylic acids is 1. The van der Waals surface area contributed by atoms with Crippen LogP contribution in [0.5, 0.6) is 0 Å². The summed E-state index contributed by atoms with van der Waals surface area (Å²) in [4.78, 5) is 30.1. The van der Waals surface area contributed by atoms with Gasteiger partial charge in [0, 0.05) is 23.7 Å². The number of aromatic nitrogens is 1. The van der Waals surface area contributed by atoms with Gasteiger partial charge in [-0.3, -0.25) is 4.79 Å². The quantitative estimate of drug-likeness (QED) is 0.810. The number of carboxylic acid groups (broad SMARTS) is 1. The van der Waals surface area contributed by atoms with Crippen LogP contribution >= 0.6 is 11.3 Å². The van der Waals surface area contributed by atoms with E-state index in [-0.39, 0.29) is 31.1 Å². The molecule has 0 spiro atoms. The predicted octanol–water partition coefficient (Wildman–Crippen LogP) is 2.42. The Kier molecular flexibility index (Phi) is 5.17. The zero-order valence-electron chi connectivity index (χ0n) is 12.3. The summed E-state index contributed by atoms with van der Waals surface area (Å²) in [5.41, 5.74) is 0. The van der Waals surface area contributed by atoms with E-state index in [1.54, 1.807) is 16.2 Å². The lowest BCUT2D eigenvalue weighted by atomic mass is 10.3. The Morgan fingerprint density at radius 2 is 2.29 bits per heavy atom. The van der Waals surface area contributed by atoms with E-state index >= 15 is 0 Å². The summed E-state index contributed by atoms with van der Waals surface area (Å²) in [6.07, 6.45) is 4.67. The van der Waals surface area contributed by atoms with Gasteiger partial charge in [-0.1, -0.05) is 6.92 Å². The molecule has 1 aromatic heterocycles. The number of aryl methyl sites for hydroxylation is 1. The Labute approximate surface area is 128 Å². The van der Waals surface area contributed by atoms with Crippen LogP contribution < -0.4 is 5.32 Å². The summed E-state index contributed by atoms with van der Waals surface area (Å²) < 4.78 is 0. The first-order chi connectivity index (χ1) is 10.0. The van der Waals surface area contributed by atoms with E-state index in [0.29, 0.717) is 0 Å². The molecule has 1 aliphatic carbocycles. The largest absolute Gasteiger partial charge is 0.481 e. The van der Waals surface area contributed by atoms with Crippen molar-refractivity contribution in [2.45, 2.75) is 51.6 Å². The third kappa shape index (κ3) is 4.42. The van der Waals surface area contributed by atoms with E-state index in [9.17, 15) is 9.59 Å². The predicted molar refractivity (Wildman–Crippen MR) is 80.4 cm³/mol. The number of carbonyl (C=O) groups is 2. The second-order valence-corrected chi connectivity index (χ2v) is 6.40. The Hall–Kier alpha value is -1.63. The fraction of sp³-hybridized carbons (Fsp3) is 0.643. The van der Waals surface area contributed by atoms with Gasteiger partial charge in [-0.2, -0.15) is 0 Å². The Balaban J connectivity index is 1.92. The third-order valence-electron chi connectivity index (χ3n) is 3.45. The van der Waals surface area contributed by atoms with Gasteiger partial charge >= 0.3 is 12.0 Å². The molecular weight excluding hydrogens is 290 g/mol. The van der Waals surface area contributed by atoms with Crippen LogP contribution in [0.3, 0.4) is 0 Å². The van der Waals surface area contributed by atoms with E-state index < -0.39 is 5.97 Å². The van der Waals surface area contributed by atoms with Crippen LogP contribution in [0.25, 0.3) is 0 Å². The van der Waals surface area contributed by atoms with E-state index in [2.05, 4.69) is 17.2 Å². The molecule has 1 aliphatic rings. The highest BCUT2D eigenvalue weighted by molar-refractivity contribution is 7.11. The summed E-state index contributed by atoms with van der Waals surface area (Å²) in [5.74, 6) is -0.881. The topological polar surface area (TPSA) is 82.5 Å². The highest BCUT2D eigenvalue weighted by Crippen LogP contribution is 2.28. The molecule has 21 heavy (non-hydrogen) atoms. The molecule has 2 amide bonds. The summed E-state index contributed by atoms with van der Waals surface area (Å²) in [6, 6.07) is -0.160. The van der Waals surface area contributed by atoms with Crippen molar-refractivity contribution in [1.82, 2.24) is 15.2 Å². The molecule has 1 heterocycles. The fourth-order valence-electron chi connectivity index (χ4n) is 2.07. The van der Waals surface area contributed by atoms with Crippen LogP contribution in [-0.2, 0) is 11.2 Å². The number of nitrogens with one attached hydrogen (secondary N) is 1. The van der Waals surface area contributed by atoms with Crippen molar-refractivity contribution in [3.63, 3.8) is 0 Å². The first kappa shape index (κ1) is 15.8. The van der Waals surface area contributed by atoms with Crippen molar-refractivity contribution >= 4 is 23.3 Å².